The third kappa shape index (κ3) is 4.43. The molecular formula is C24H32ClN3O4. The molecule has 3 amide bonds. The van der Waals surface area contributed by atoms with Crippen molar-refractivity contribution in [3.63, 3.8) is 0 Å². The number of nitrogens with one attached hydrogen (secondary N) is 1. The fraction of sp³-hybridized carbons (Fsp3) is 0.625. The average molecular weight is 462 g/mol. The zero-order valence-corrected chi connectivity index (χ0v) is 19.5. The lowest BCUT2D eigenvalue weighted by molar-refractivity contribution is -0.184. The predicted octanol–water partition coefficient (Wildman–Crippen LogP) is 3.62. The highest BCUT2D eigenvalue weighted by Crippen LogP contribution is 2.46. The number of likely N-dealkylation sites (tertiary alicyclic amines) is 1. The summed E-state index contributed by atoms with van der Waals surface area (Å²) in [6.07, 6.45) is 5.69. The second-order valence-electron chi connectivity index (χ2n) is 9.04. The molecule has 2 heterocycles. The lowest BCUT2D eigenvalue weighted by Crippen LogP contribution is -2.46. The van der Waals surface area contributed by atoms with E-state index in [1.807, 2.05) is 26.0 Å². The number of fused-ring (bicyclic) bond motifs is 1. The first kappa shape index (κ1) is 23.2. The van der Waals surface area contributed by atoms with Gasteiger partial charge < -0.3 is 5.32 Å². The summed E-state index contributed by atoms with van der Waals surface area (Å²) in [7, 11) is 0. The van der Waals surface area contributed by atoms with Crippen LogP contribution in [0, 0.1) is 5.92 Å². The Kier molecular flexibility index (Phi) is 7.17. The van der Waals surface area contributed by atoms with Crippen LogP contribution in [0.4, 0.5) is 0 Å². The lowest BCUT2D eigenvalue weighted by atomic mass is 9.90. The first-order valence-electron chi connectivity index (χ1n) is 11.8. The quantitative estimate of drug-likeness (QED) is 0.627. The van der Waals surface area contributed by atoms with Crippen molar-refractivity contribution < 1.29 is 19.2 Å². The van der Waals surface area contributed by atoms with Gasteiger partial charge in [-0.1, -0.05) is 56.8 Å². The van der Waals surface area contributed by atoms with Gasteiger partial charge in [0.1, 0.15) is 6.54 Å². The minimum absolute atomic E-state index is 0.0409. The van der Waals surface area contributed by atoms with Gasteiger partial charge in [0.25, 0.3) is 5.91 Å². The predicted molar refractivity (Wildman–Crippen MR) is 121 cm³/mol. The number of hydroxylamine groups is 2. The molecule has 2 aliphatic heterocycles. The van der Waals surface area contributed by atoms with Gasteiger partial charge in [-0.2, -0.15) is 5.06 Å². The summed E-state index contributed by atoms with van der Waals surface area (Å²) >= 11 is 6.08. The molecule has 0 spiro atoms. The molecule has 1 saturated carbocycles. The molecule has 1 N–H and O–H groups in total. The molecule has 174 valence electrons. The molecule has 32 heavy (non-hydrogen) atoms. The lowest BCUT2D eigenvalue weighted by Gasteiger charge is -2.32. The van der Waals surface area contributed by atoms with E-state index in [2.05, 4.69) is 5.32 Å². The Morgan fingerprint density at radius 1 is 1.09 bits per heavy atom. The van der Waals surface area contributed by atoms with Crippen LogP contribution in [-0.2, 0) is 19.2 Å². The first-order valence-corrected chi connectivity index (χ1v) is 12.2. The smallest absolute Gasteiger partial charge is 0.261 e. The number of amides is 3. The third-order valence-electron chi connectivity index (χ3n) is 7.03. The Bertz CT molecular complexity index is 851. The minimum Gasteiger partial charge on any atom is -0.352 e. The fourth-order valence-corrected chi connectivity index (χ4v) is 5.39. The third-order valence-corrected chi connectivity index (χ3v) is 7.28. The molecule has 3 aliphatic rings. The van der Waals surface area contributed by atoms with Gasteiger partial charge in [-0.05, 0) is 43.4 Å². The number of hydrogen-bond donors (Lipinski definition) is 1. The number of nitrogens with zero attached hydrogens (tertiary/aromatic N) is 2. The molecule has 1 aliphatic carbocycles. The highest BCUT2D eigenvalue weighted by atomic mass is 35.5. The van der Waals surface area contributed by atoms with E-state index in [0.29, 0.717) is 5.02 Å². The Morgan fingerprint density at radius 3 is 2.38 bits per heavy atom. The highest BCUT2D eigenvalue weighted by molar-refractivity contribution is 6.30. The number of rotatable bonds is 7. The summed E-state index contributed by atoms with van der Waals surface area (Å²) in [5.41, 5.74) is 0.809. The zero-order chi connectivity index (χ0) is 22.8. The molecule has 0 aromatic heterocycles. The van der Waals surface area contributed by atoms with E-state index in [1.54, 1.807) is 12.1 Å². The normalized spacial score (nSPS) is 26.8. The Balaban J connectivity index is 1.59. The molecule has 3 atom stereocenters. The number of halogens is 1. The fourth-order valence-electron chi connectivity index (χ4n) is 5.27. The van der Waals surface area contributed by atoms with Crippen LogP contribution >= 0.6 is 11.6 Å². The van der Waals surface area contributed by atoms with E-state index in [1.165, 1.54) is 9.96 Å². The minimum atomic E-state index is -0.883. The van der Waals surface area contributed by atoms with Gasteiger partial charge in [0.05, 0.1) is 12.0 Å². The van der Waals surface area contributed by atoms with Gasteiger partial charge >= 0.3 is 0 Å². The van der Waals surface area contributed by atoms with Gasteiger partial charge in [-0.25, -0.2) is 0 Å². The Morgan fingerprint density at radius 2 is 1.75 bits per heavy atom. The topological polar surface area (TPSA) is 79.0 Å². The molecule has 8 heteroatoms. The maximum Gasteiger partial charge on any atom is 0.261 e. The number of benzene rings is 1. The van der Waals surface area contributed by atoms with Crippen molar-refractivity contribution in [2.24, 2.45) is 5.92 Å². The van der Waals surface area contributed by atoms with Gasteiger partial charge in [0, 0.05) is 17.1 Å². The Hall–Kier alpha value is -1.96. The summed E-state index contributed by atoms with van der Waals surface area (Å²) in [5, 5.41) is 5.11. The zero-order valence-electron chi connectivity index (χ0n) is 18.8. The maximum absolute atomic E-state index is 13.5. The maximum atomic E-state index is 13.5. The Labute approximate surface area is 194 Å². The first-order chi connectivity index (χ1) is 15.4. The molecular weight excluding hydrogens is 430 g/mol. The summed E-state index contributed by atoms with van der Waals surface area (Å²) in [6.45, 7) is 4.01. The van der Waals surface area contributed by atoms with E-state index in [9.17, 15) is 14.4 Å². The van der Waals surface area contributed by atoms with E-state index in [0.717, 1.165) is 50.5 Å². The number of hydrogen-bond acceptors (Lipinski definition) is 5. The van der Waals surface area contributed by atoms with Gasteiger partial charge in [-0.15, -0.1) is 0 Å². The molecule has 2 saturated heterocycles. The molecule has 3 fully saturated rings. The van der Waals surface area contributed by atoms with E-state index >= 15 is 0 Å². The monoisotopic (exact) mass is 461 g/mol. The molecule has 7 nitrogen and oxygen atoms in total. The van der Waals surface area contributed by atoms with Crippen molar-refractivity contribution in [2.45, 2.75) is 83.0 Å². The van der Waals surface area contributed by atoms with Crippen molar-refractivity contribution in [3.05, 3.63) is 34.9 Å². The van der Waals surface area contributed by atoms with E-state index in [4.69, 9.17) is 16.4 Å². The van der Waals surface area contributed by atoms with Gasteiger partial charge in [-0.3, -0.25) is 24.1 Å². The van der Waals surface area contributed by atoms with Crippen molar-refractivity contribution in [2.75, 3.05) is 6.54 Å². The molecule has 4 rings (SSSR count). The van der Waals surface area contributed by atoms with Crippen LogP contribution in [0.2, 0.25) is 5.02 Å². The van der Waals surface area contributed by atoms with E-state index in [-0.39, 0.29) is 36.3 Å². The largest absolute Gasteiger partial charge is 0.352 e. The van der Waals surface area contributed by atoms with Crippen molar-refractivity contribution in [1.82, 2.24) is 15.3 Å². The second kappa shape index (κ2) is 9.89. The van der Waals surface area contributed by atoms with Crippen LogP contribution in [-0.4, -0.2) is 52.4 Å². The summed E-state index contributed by atoms with van der Waals surface area (Å²) in [4.78, 5) is 47.0. The summed E-state index contributed by atoms with van der Waals surface area (Å²) in [5.74, 6) is -1.29. The van der Waals surface area contributed by atoms with Crippen LogP contribution in [0.3, 0.4) is 0 Å². The van der Waals surface area contributed by atoms with Crippen molar-refractivity contribution in [1.29, 1.82) is 0 Å². The summed E-state index contributed by atoms with van der Waals surface area (Å²) in [6, 6.07) is 6.71. The SMILES string of the molecule is CCC(CC)NC(=O)CN1OC2C(=O)N(C3CCCCC3)C(=O)C2C1c1ccc(Cl)cc1. The molecule has 0 radical (unpaired) electrons. The standard InChI is InChI=1S/C24H32ClN3O4/c1-3-17(4-2)26-19(29)14-27-21(15-10-12-16(25)13-11-15)20-22(32-27)24(31)28(23(20)30)18-8-6-5-7-9-18/h10-13,17-18,20-22H,3-9,14H2,1-2H3,(H,26,29). The molecule has 3 unspecified atom stereocenters. The van der Waals surface area contributed by atoms with Crippen LogP contribution in [0.1, 0.15) is 70.4 Å². The highest BCUT2D eigenvalue weighted by Gasteiger charge is 2.60. The van der Waals surface area contributed by atoms with Gasteiger partial charge in [0.15, 0.2) is 6.10 Å². The van der Waals surface area contributed by atoms with Crippen LogP contribution in [0.25, 0.3) is 0 Å². The molecule has 0 bridgehead atoms. The second-order valence-corrected chi connectivity index (χ2v) is 9.48. The number of imide groups is 1. The average Bonchev–Trinajstić information content (AvgIpc) is 3.28. The van der Waals surface area contributed by atoms with Crippen LogP contribution < -0.4 is 5.32 Å². The van der Waals surface area contributed by atoms with Crippen molar-refractivity contribution >= 4 is 29.3 Å². The number of carbonyl (C=O) groups excluding carboxylic acids is 3. The number of carbonyl (C=O) groups is 3. The van der Waals surface area contributed by atoms with E-state index < -0.39 is 18.1 Å². The molecule has 1 aromatic carbocycles. The molecule has 1 aromatic rings. The summed E-state index contributed by atoms with van der Waals surface area (Å²) < 4.78 is 0. The van der Waals surface area contributed by atoms with Crippen molar-refractivity contribution in [3.8, 4) is 0 Å². The van der Waals surface area contributed by atoms with Gasteiger partial charge in [0.2, 0.25) is 11.8 Å². The van der Waals surface area contributed by atoms with Crippen LogP contribution in [0.5, 0.6) is 0 Å². The van der Waals surface area contributed by atoms with Crippen LogP contribution in [0.15, 0.2) is 24.3 Å².